The number of hydrogen-bond acceptors (Lipinski definition) is 5. The summed E-state index contributed by atoms with van der Waals surface area (Å²) < 4.78 is 7.35. The van der Waals surface area contributed by atoms with Gasteiger partial charge < -0.3 is 4.74 Å². The largest absolute Gasteiger partial charge is 0.497 e. The molecule has 4 rings (SSSR count). The normalized spacial score (nSPS) is 12.0. The molecule has 0 radical (unpaired) electrons. The SMILES string of the molecule is COc1ccc(-n2c(SC(C)c3ccccc3Cl)nnc2-c2ccncc2)cc1. The highest BCUT2D eigenvalue weighted by atomic mass is 35.5. The van der Waals surface area contributed by atoms with Gasteiger partial charge in [-0.2, -0.15) is 0 Å². The quantitative estimate of drug-likeness (QED) is 0.365. The molecule has 2 heterocycles. The number of nitrogens with zero attached hydrogens (tertiary/aromatic N) is 4. The van der Waals surface area contributed by atoms with Gasteiger partial charge in [-0.1, -0.05) is 41.6 Å². The Morgan fingerprint density at radius 2 is 1.69 bits per heavy atom. The van der Waals surface area contributed by atoms with Gasteiger partial charge in [0.15, 0.2) is 11.0 Å². The summed E-state index contributed by atoms with van der Waals surface area (Å²) in [4.78, 5) is 4.11. The molecular formula is C22H19ClN4OS. The summed E-state index contributed by atoms with van der Waals surface area (Å²) in [7, 11) is 1.66. The fourth-order valence-corrected chi connectivity index (χ4v) is 4.42. The maximum Gasteiger partial charge on any atom is 0.196 e. The highest BCUT2D eigenvalue weighted by molar-refractivity contribution is 7.99. The summed E-state index contributed by atoms with van der Waals surface area (Å²) >= 11 is 8.02. The number of ether oxygens (including phenoxy) is 1. The molecule has 0 saturated carbocycles. The third-order valence-corrected chi connectivity index (χ3v) is 5.95. The van der Waals surface area contributed by atoms with Crippen LogP contribution in [0.3, 0.4) is 0 Å². The fraction of sp³-hybridized carbons (Fsp3) is 0.136. The van der Waals surface area contributed by atoms with Crippen LogP contribution in [-0.4, -0.2) is 26.9 Å². The smallest absolute Gasteiger partial charge is 0.196 e. The van der Waals surface area contributed by atoms with E-state index in [4.69, 9.17) is 16.3 Å². The lowest BCUT2D eigenvalue weighted by Crippen LogP contribution is -2.01. The predicted octanol–water partition coefficient (Wildman–Crippen LogP) is 5.84. The van der Waals surface area contributed by atoms with Crippen molar-refractivity contribution in [1.82, 2.24) is 19.7 Å². The van der Waals surface area contributed by atoms with Gasteiger partial charge in [0.2, 0.25) is 0 Å². The summed E-state index contributed by atoms with van der Waals surface area (Å²) in [6, 6.07) is 19.6. The lowest BCUT2D eigenvalue weighted by Gasteiger charge is -2.15. The Morgan fingerprint density at radius 1 is 0.966 bits per heavy atom. The van der Waals surface area contributed by atoms with Crippen molar-refractivity contribution < 1.29 is 4.74 Å². The molecule has 146 valence electrons. The van der Waals surface area contributed by atoms with E-state index >= 15 is 0 Å². The molecule has 7 heteroatoms. The van der Waals surface area contributed by atoms with Crippen LogP contribution >= 0.6 is 23.4 Å². The van der Waals surface area contributed by atoms with E-state index in [1.54, 1.807) is 31.3 Å². The number of hydrogen-bond donors (Lipinski definition) is 0. The summed E-state index contributed by atoms with van der Waals surface area (Å²) in [6.07, 6.45) is 3.50. The van der Waals surface area contributed by atoms with Gasteiger partial charge >= 0.3 is 0 Å². The van der Waals surface area contributed by atoms with Crippen molar-refractivity contribution in [3.63, 3.8) is 0 Å². The molecule has 0 aliphatic rings. The van der Waals surface area contributed by atoms with Crippen LogP contribution in [0.15, 0.2) is 78.2 Å². The monoisotopic (exact) mass is 422 g/mol. The first-order valence-electron chi connectivity index (χ1n) is 9.08. The highest BCUT2D eigenvalue weighted by Gasteiger charge is 2.20. The van der Waals surface area contributed by atoms with Crippen LogP contribution in [0.1, 0.15) is 17.7 Å². The van der Waals surface area contributed by atoms with Crippen LogP contribution in [0.2, 0.25) is 5.02 Å². The molecule has 0 N–H and O–H groups in total. The van der Waals surface area contributed by atoms with Crippen LogP contribution < -0.4 is 4.74 Å². The van der Waals surface area contributed by atoms with Gasteiger partial charge in [0.05, 0.1) is 7.11 Å². The topological polar surface area (TPSA) is 52.8 Å². The van der Waals surface area contributed by atoms with E-state index in [0.717, 1.165) is 38.6 Å². The van der Waals surface area contributed by atoms with Gasteiger partial charge in [0.1, 0.15) is 5.75 Å². The Kier molecular flexibility index (Phi) is 5.83. The van der Waals surface area contributed by atoms with Crippen molar-refractivity contribution in [2.75, 3.05) is 7.11 Å². The van der Waals surface area contributed by atoms with Gasteiger partial charge in [0.25, 0.3) is 0 Å². The number of methoxy groups -OCH3 is 1. The van der Waals surface area contributed by atoms with Crippen LogP contribution in [0.4, 0.5) is 0 Å². The van der Waals surface area contributed by atoms with Gasteiger partial charge in [-0.25, -0.2) is 0 Å². The second-order valence-electron chi connectivity index (χ2n) is 6.36. The maximum atomic E-state index is 6.40. The standard InChI is InChI=1S/C22H19ClN4OS/c1-15(19-5-3-4-6-20(19)23)29-22-26-25-21(16-11-13-24-14-12-16)27(22)17-7-9-18(28-2)10-8-17/h3-15H,1-2H3. The van der Waals surface area contributed by atoms with Crippen molar-refractivity contribution >= 4 is 23.4 Å². The lowest BCUT2D eigenvalue weighted by molar-refractivity contribution is 0.414. The van der Waals surface area contributed by atoms with Crippen LogP contribution in [0.5, 0.6) is 5.75 Å². The average Bonchev–Trinajstić information content (AvgIpc) is 3.18. The van der Waals surface area contributed by atoms with Crippen LogP contribution in [-0.2, 0) is 0 Å². The molecule has 0 fully saturated rings. The molecule has 1 atom stereocenters. The van der Waals surface area contributed by atoms with E-state index in [2.05, 4.69) is 22.1 Å². The van der Waals surface area contributed by atoms with E-state index < -0.39 is 0 Å². The van der Waals surface area contributed by atoms with E-state index in [9.17, 15) is 0 Å². The van der Waals surface area contributed by atoms with Crippen molar-refractivity contribution in [3.8, 4) is 22.8 Å². The number of rotatable bonds is 6. The fourth-order valence-electron chi connectivity index (χ4n) is 3.02. The molecule has 0 bridgehead atoms. The van der Waals surface area contributed by atoms with Crippen molar-refractivity contribution in [2.45, 2.75) is 17.3 Å². The summed E-state index contributed by atoms with van der Waals surface area (Å²) in [5.74, 6) is 1.55. The zero-order valence-corrected chi connectivity index (χ0v) is 17.6. The van der Waals surface area contributed by atoms with Gasteiger partial charge in [-0.3, -0.25) is 9.55 Å². The molecule has 0 aliphatic carbocycles. The highest BCUT2D eigenvalue weighted by Crippen LogP contribution is 2.39. The maximum absolute atomic E-state index is 6.40. The number of halogens is 1. The van der Waals surface area contributed by atoms with E-state index in [1.165, 1.54) is 0 Å². The van der Waals surface area contributed by atoms with Gasteiger partial charge in [-0.15, -0.1) is 10.2 Å². The third-order valence-electron chi connectivity index (χ3n) is 4.53. The molecule has 29 heavy (non-hydrogen) atoms. The van der Waals surface area contributed by atoms with Crippen LogP contribution in [0.25, 0.3) is 17.1 Å². The Hall–Kier alpha value is -2.83. The first-order chi connectivity index (χ1) is 14.2. The molecule has 0 amide bonds. The number of thioether (sulfide) groups is 1. The molecule has 1 unspecified atom stereocenters. The Labute approximate surface area is 178 Å². The molecular weight excluding hydrogens is 404 g/mol. The Balaban J connectivity index is 1.77. The first kappa shape index (κ1) is 19.5. The van der Waals surface area contributed by atoms with Gasteiger partial charge in [0, 0.05) is 33.9 Å². The molecule has 0 spiro atoms. The van der Waals surface area contributed by atoms with Gasteiger partial charge in [-0.05, 0) is 55.0 Å². The second kappa shape index (κ2) is 8.68. The lowest BCUT2D eigenvalue weighted by atomic mass is 10.2. The zero-order chi connectivity index (χ0) is 20.2. The van der Waals surface area contributed by atoms with E-state index in [-0.39, 0.29) is 5.25 Å². The van der Waals surface area contributed by atoms with Crippen molar-refractivity contribution in [1.29, 1.82) is 0 Å². The summed E-state index contributed by atoms with van der Waals surface area (Å²) in [6.45, 7) is 2.12. The average molecular weight is 423 g/mol. The number of aromatic nitrogens is 4. The zero-order valence-electron chi connectivity index (χ0n) is 16.0. The van der Waals surface area contributed by atoms with E-state index in [1.807, 2.05) is 65.2 Å². The molecule has 2 aromatic carbocycles. The molecule has 2 aromatic heterocycles. The third kappa shape index (κ3) is 4.13. The van der Waals surface area contributed by atoms with E-state index in [0.29, 0.717) is 0 Å². The number of pyridine rings is 1. The van der Waals surface area contributed by atoms with Crippen LogP contribution in [0, 0.1) is 0 Å². The van der Waals surface area contributed by atoms with Crippen molar-refractivity contribution in [3.05, 3.63) is 83.6 Å². The Morgan fingerprint density at radius 3 is 2.38 bits per heavy atom. The summed E-state index contributed by atoms with van der Waals surface area (Å²) in [5.41, 5.74) is 2.96. The predicted molar refractivity (Wildman–Crippen MR) is 117 cm³/mol. The second-order valence-corrected chi connectivity index (χ2v) is 8.07. The minimum absolute atomic E-state index is 0.107. The minimum Gasteiger partial charge on any atom is -0.497 e. The summed E-state index contributed by atoms with van der Waals surface area (Å²) in [5, 5.41) is 10.6. The minimum atomic E-state index is 0.107. The molecule has 0 aliphatic heterocycles. The molecule has 4 aromatic rings. The number of benzene rings is 2. The molecule has 5 nitrogen and oxygen atoms in total. The first-order valence-corrected chi connectivity index (χ1v) is 10.3. The van der Waals surface area contributed by atoms with Crippen molar-refractivity contribution in [2.24, 2.45) is 0 Å². The molecule has 0 saturated heterocycles. The Bertz CT molecular complexity index is 1100.